The number of pyridine rings is 1. The van der Waals surface area contributed by atoms with Gasteiger partial charge in [-0.2, -0.15) is 0 Å². The molecule has 2 aliphatic rings. The first-order chi connectivity index (χ1) is 12.2. The lowest BCUT2D eigenvalue weighted by Gasteiger charge is -2.34. The minimum absolute atomic E-state index is 0.192. The van der Waals surface area contributed by atoms with Crippen molar-refractivity contribution >= 4 is 11.6 Å². The number of morpholine rings is 1. The molecule has 2 aromatic rings. The molecule has 2 unspecified atom stereocenters. The van der Waals surface area contributed by atoms with Crippen LogP contribution in [-0.2, 0) is 16.0 Å². The highest BCUT2D eigenvalue weighted by Gasteiger charge is 2.38. The van der Waals surface area contributed by atoms with Gasteiger partial charge in [0.15, 0.2) is 0 Å². The Morgan fingerprint density at radius 2 is 2.12 bits per heavy atom. The summed E-state index contributed by atoms with van der Waals surface area (Å²) in [7, 11) is 0. The van der Waals surface area contributed by atoms with Crippen LogP contribution in [0.1, 0.15) is 19.0 Å². The number of rotatable bonds is 4. The van der Waals surface area contributed by atoms with E-state index in [9.17, 15) is 4.79 Å². The van der Waals surface area contributed by atoms with Gasteiger partial charge in [0, 0.05) is 44.6 Å². The van der Waals surface area contributed by atoms with E-state index in [0.717, 1.165) is 57.2 Å². The van der Waals surface area contributed by atoms with Crippen molar-refractivity contribution in [2.75, 3.05) is 39.4 Å². The van der Waals surface area contributed by atoms with E-state index in [-0.39, 0.29) is 5.91 Å². The summed E-state index contributed by atoms with van der Waals surface area (Å²) in [5, 5.41) is 0. The number of carbonyl (C=O) groups excluding carboxylic acids is 1. The molecule has 25 heavy (non-hydrogen) atoms. The molecule has 0 aliphatic carbocycles. The lowest BCUT2D eigenvalue weighted by Crippen LogP contribution is -2.47. The predicted molar refractivity (Wildman–Crippen MR) is 95.4 cm³/mol. The van der Waals surface area contributed by atoms with Crippen molar-refractivity contribution in [3.05, 3.63) is 36.3 Å². The number of hydrogen-bond acceptors (Lipinski definition) is 4. The minimum Gasteiger partial charge on any atom is -0.379 e. The number of nitrogens with zero attached hydrogens (tertiary/aromatic N) is 4. The monoisotopic (exact) mass is 342 g/mol. The largest absolute Gasteiger partial charge is 0.379 e. The van der Waals surface area contributed by atoms with Gasteiger partial charge in [-0.25, -0.2) is 4.98 Å². The fourth-order valence-corrected chi connectivity index (χ4v) is 4.12. The molecule has 0 bridgehead atoms. The number of imidazole rings is 1. The van der Waals surface area contributed by atoms with Crippen molar-refractivity contribution in [3.63, 3.8) is 0 Å². The first-order valence-electron chi connectivity index (χ1n) is 9.27. The maximum Gasteiger partial charge on any atom is 0.228 e. The molecule has 4 heterocycles. The summed E-state index contributed by atoms with van der Waals surface area (Å²) in [6.45, 7) is 7.51. The van der Waals surface area contributed by atoms with E-state index < -0.39 is 0 Å². The topological polar surface area (TPSA) is 50.1 Å². The van der Waals surface area contributed by atoms with Gasteiger partial charge in [-0.15, -0.1) is 0 Å². The summed E-state index contributed by atoms with van der Waals surface area (Å²) in [6.07, 6.45) is 5.42. The van der Waals surface area contributed by atoms with Crippen LogP contribution in [0.3, 0.4) is 0 Å². The number of aromatic nitrogens is 2. The van der Waals surface area contributed by atoms with Crippen LogP contribution >= 0.6 is 0 Å². The van der Waals surface area contributed by atoms with Crippen molar-refractivity contribution in [2.24, 2.45) is 5.92 Å². The van der Waals surface area contributed by atoms with E-state index in [1.807, 2.05) is 39.9 Å². The van der Waals surface area contributed by atoms with Crippen molar-refractivity contribution in [1.82, 2.24) is 19.2 Å². The van der Waals surface area contributed by atoms with Crippen LogP contribution in [0.4, 0.5) is 0 Å². The molecule has 2 aliphatic heterocycles. The van der Waals surface area contributed by atoms with Crippen molar-refractivity contribution in [2.45, 2.75) is 25.8 Å². The molecule has 1 amide bonds. The summed E-state index contributed by atoms with van der Waals surface area (Å²) in [5.41, 5.74) is 1.74. The summed E-state index contributed by atoms with van der Waals surface area (Å²) in [5.74, 6) is 0.751. The van der Waals surface area contributed by atoms with Crippen LogP contribution in [0.5, 0.6) is 0 Å². The molecule has 2 saturated heterocycles. The second-order valence-corrected chi connectivity index (χ2v) is 7.06. The van der Waals surface area contributed by atoms with Gasteiger partial charge >= 0.3 is 0 Å². The van der Waals surface area contributed by atoms with Crippen LogP contribution in [-0.4, -0.2) is 70.5 Å². The Bertz CT molecular complexity index is 705. The summed E-state index contributed by atoms with van der Waals surface area (Å²) in [4.78, 5) is 21.9. The average Bonchev–Trinajstić information content (AvgIpc) is 3.25. The molecule has 2 aromatic heterocycles. The van der Waals surface area contributed by atoms with Crippen LogP contribution in [0.15, 0.2) is 30.6 Å². The van der Waals surface area contributed by atoms with Crippen LogP contribution in [0.2, 0.25) is 0 Å². The first kappa shape index (κ1) is 16.5. The summed E-state index contributed by atoms with van der Waals surface area (Å²) >= 11 is 0. The van der Waals surface area contributed by atoms with E-state index in [4.69, 9.17) is 4.74 Å². The summed E-state index contributed by atoms with van der Waals surface area (Å²) in [6, 6.07) is 6.37. The highest BCUT2D eigenvalue weighted by atomic mass is 16.5. The molecule has 6 heteroatoms. The molecule has 6 nitrogen and oxygen atoms in total. The van der Waals surface area contributed by atoms with E-state index in [0.29, 0.717) is 18.4 Å². The Kier molecular flexibility index (Phi) is 4.72. The molecule has 2 fully saturated rings. The van der Waals surface area contributed by atoms with Gasteiger partial charge < -0.3 is 14.0 Å². The second kappa shape index (κ2) is 7.14. The average molecular weight is 342 g/mol. The van der Waals surface area contributed by atoms with Gasteiger partial charge in [-0.3, -0.25) is 9.69 Å². The number of likely N-dealkylation sites (tertiary alicyclic amines) is 1. The minimum atomic E-state index is 0.192. The van der Waals surface area contributed by atoms with Crippen LogP contribution < -0.4 is 0 Å². The standard InChI is InChI=1S/C19H26N4O2/c1-2-15-12-23(14-17(15)21-7-9-25-10-8-21)19(24)11-16-13-22-6-4-3-5-18(22)20-16/h3-6,13,15,17H,2,7-12,14H2,1H3. The SMILES string of the molecule is CCC1CN(C(=O)Cc2cn3ccccc3n2)CC1N1CCOCC1. The quantitative estimate of drug-likeness (QED) is 0.844. The lowest BCUT2D eigenvalue weighted by molar-refractivity contribution is -0.129. The maximum atomic E-state index is 12.8. The van der Waals surface area contributed by atoms with Gasteiger partial charge in [0.05, 0.1) is 25.3 Å². The molecule has 0 N–H and O–H groups in total. The predicted octanol–water partition coefficient (Wildman–Crippen LogP) is 1.45. The number of fused-ring (bicyclic) bond motifs is 1. The molecule has 134 valence electrons. The van der Waals surface area contributed by atoms with E-state index in [1.165, 1.54) is 0 Å². The molecule has 2 atom stereocenters. The Labute approximate surface area is 148 Å². The lowest BCUT2D eigenvalue weighted by atomic mass is 9.99. The fourth-order valence-electron chi connectivity index (χ4n) is 4.12. The second-order valence-electron chi connectivity index (χ2n) is 7.06. The first-order valence-corrected chi connectivity index (χ1v) is 9.27. The zero-order valence-electron chi connectivity index (χ0n) is 14.8. The number of amides is 1. The van der Waals surface area contributed by atoms with Gasteiger partial charge in [0.25, 0.3) is 0 Å². The van der Waals surface area contributed by atoms with E-state index >= 15 is 0 Å². The van der Waals surface area contributed by atoms with Gasteiger partial charge in [-0.1, -0.05) is 19.4 Å². The van der Waals surface area contributed by atoms with E-state index in [1.54, 1.807) is 0 Å². The number of ether oxygens (including phenoxy) is 1. The van der Waals surface area contributed by atoms with Gasteiger partial charge in [0.1, 0.15) is 5.65 Å². The smallest absolute Gasteiger partial charge is 0.228 e. The third-order valence-corrected chi connectivity index (χ3v) is 5.54. The molecular formula is C19H26N4O2. The molecule has 0 aromatic carbocycles. The molecular weight excluding hydrogens is 316 g/mol. The fraction of sp³-hybridized carbons (Fsp3) is 0.579. The van der Waals surface area contributed by atoms with Crippen LogP contribution in [0, 0.1) is 5.92 Å². The zero-order valence-corrected chi connectivity index (χ0v) is 14.8. The normalized spacial score (nSPS) is 24.9. The van der Waals surface area contributed by atoms with Crippen molar-refractivity contribution in [3.8, 4) is 0 Å². The Balaban J connectivity index is 1.43. The van der Waals surface area contributed by atoms with E-state index in [2.05, 4.69) is 16.8 Å². The number of hydrogen-bond donors (Lipinski definition) is 0. The zero-order chi connectivity index (χ0) is 17.2. The molecule has 0 saturated carbocycles. The third kappa shape index (κ3) is 3.41. The Morgan fingerprint density at radius 3 is 2.88 bits per heavy atom. The Morgan fingerprint density at radius 1 is 1.28 bits per heavy atom. The molecule has 4 rings (SSSR count). The third-order valence-electron chi connectivity index (χ3n) is 5.54. The van der Waals surface area contributed by atoms with Gasteiger partial charge in [-0.05, 0) is 18.1 Å². The van der Waals surface area contributed by atoms with Gasteiger partial charge in [0.2, 0.25) is 5.91 Å². The number of carbonyl (C=O) groups is 1. The highest BCUT2D eigenvalue weighted by Crippen LogP contribution is 2.26. The van der Waals surface area contributed by atoms with Crippen molar-refractivity contribution < 1.29 is 9.53 Å². The van der Waals surface area contributed by atoms with Crippen LogP contribution in [0.25, 0.3) is 5.65 Å². The maximum absolute atomic E-state index is 12.8. The molecule has 0 spiro atoms. The highest BCUT2D eigenvalue weighted by molar-refractivity contribution is 5.79. The van der Waals surface area contributed by atoms with Crippen molar-refractivity contribution in [1.29, 1.82) is 0 Å². The molecule has 0 radical (unpaired) electrons. The summed E-state index contributed by atoms with van der Waals surface area (Å²) < 4.78 is 7.45. The Hall–Kier alpha value is -1.92.